The molecule has 1 aromatic carbocycles. The van der Waals surface area contributed by atoms with Gasteiger partial charge in [-0.2, -0.15) is 0 Å². The van der Waals surface area contributed by atoms with Crippen LogP contribution in [0, 0.1) is 26.7 Å². The highest BCUT2D eigenvalue weighted by Crippen LogP contribution is 2.27. The molecule has 1 aromatic heterocycles. The van der Waals surface area contributed by atoms with E-state index in [1.54, 1.807) is 0 Å². The summed E-state index contributed by atoms with van der Waals surface area (Å²) >= 11 is 0. The van der Waals surface area contributed by atoms with Crippen molar-refractivity contribution in [1.29, 1.82) is 0 Å². The quantitative estimate of drug-likeness (QED) is 0.662. The van der Waals surface area contributed by atoms with E-state index in [1.807, 2.05) is 11.8 Å². The van der Waals surface area contributed by atoms with Crippen LogP contribution < -0.4 is 0 Å². The van der Waals surface area contributed by atoms with Crippen LogP contribution in [0.5, 0.6) is 0 Å². The molecule has 30 heavy (non-hydrogen) atoms. The van der Waals surface area contributed by atoms with Crippen molar-refractivity contribution in [3.05, 3.63) is 57.9 Å². The largest absolute Gasteiger partial charge is 0.466 e. The summed E-state index contributed by atoms with van der Waals surface area (Å²) in [4.78, 5) is 27.5. The Morgan fingerprint density at radius 3 is 2.40 bits per heavy atom. The molecule has 0 bridgehead atoms. The second-order valence-corrected chi connectivity index (χ2v) is 8.28. The number of amides is 1. The van der Waals surface area contributed by atoms with Gasteiger partial charge >= 0.3 is 5.97 Å². The van der Waals surface area contributed by atoms with E-state index in [1.165, 1.54) is 22.4 Å². The zero-order valence-corrected chi connectivity index (χ0v) is 19.0. The van der Waals surface area contributed by atoms with E-state index in [4.69, 9.17) is 4.74 Å². The van der Waals surface area contributed by atoms with Gasteiger partial charge < -0.3 is 14.2 Å². The fourth-order valence-corrected chi connectivity index (χ4v) is 4.66. The summed E-state index contributed by atoms with van der Waals surface area (Å²) in [5.74, 6) is -0.153. The Bertz CT molecular complexity index is 921. The van der Waals surface area contributed by atoms with Gasteiger partial charge in [-0.05, 0) is 63.6 Å². The van der Waals surface area contributed by atoms with Crippen molar-refractivity contribution in [2.75, 3.05) is 19.7 Å². The molecule has 5 nitrogen and oxygen atoms in total. The molecule has 1 aliphatic heterocycles. The number of carbonyl (C=O) groups is 2. The molecule has 3 rings (SSSR count). The van der Waals surface area contributed by atoms with Crippen LogP contribution in [0.3, 0.4) is 0 Å². The highest BCUT2D eigenvalue weighted by Gasteiger charge is 2.31. The molecule has 0 atom stereocenters. The Morgan fingerprint density at radius 1 is 1.10 bits per heavy atom. The average molecular weight is 411 g/mol. The molecule has 0 spiro atoms. The number of aromatic nitrogens is 1. The summed E-state index contributed by atoms with van der Waals surface area (Å²) in [5.41, 5.74) is 6.72. The number of carbonyl (C=O) groups excluding carboxylic acids is 2. The van der Waals surface area contributed by atoms with Gasteiger partial charge in [-0.3, -0.25) is 9.59 Å². The van der Waals surface area contributed by atoms with Crippen LogP contribution in [0.1, 0.15) is 65.1 Å². The second-order valence-electron chi connectivity index (χ2n) is 8.28. The molecule has 1 saturated heterocycles. The first-order chi connectivity index (χ1) is 14.4. The summed E-state index contributed by atoms with van der Waals surface area (Å²) < 4.78 is 7.35. The van der Waals surface area contributed by atoms with Crippen LogP contribution in [0.4, 0.5) is 0 Å². The number of nitrogens with zero attached hydrogens (tertiary/aromatic N) is 2. The number of piperidine rings is 1. The van der Waals surface area contributed by atoms with Gasteiger partial charge in [0.05, 0.1) is 12.5 Å². The number of aryl methyl sites for hydroxylation is 1. The maximum Gasteiger partial charge on any atom is 0.309 e. The molecule has 0 saturated carbocycles. The van der Waals surface area contributed by atoms with Gasteiger partial charge in [0.25, 0.3) is 5.91 Å². The molecule has 1 amide bonds. The summed E-state index contributed by atoms with van der Waals surface area (Å²) in [6.45, 7) is 12.5. The Morgan fingerprint density at radius 2 is 1.80 bits per heavy atom. The second kappa shape index (κ2) is 9.50. The molecule has 0 unspecified atom stereocenters. The lowest BCUT2D eigenvalue weighted by atomic mass is 9.96. The minimum atomic E-state index is -0.132. The van der Waals surface area contributed by atoms with Crippen molar-refractivity contribution < 1.29 is 14.3 Å². The molecule has 5 heteroatoms. The predicted octanol–water partition coefficient (Wildman–Crippen LogP) is 4.44. The van der Waals surface area contributed by atoms with E-state index in [-0.39, 0.29) is 17.8 Å². The molecule has 0 radical (unpaired) electrons. The lowest BCUT2D eigenvalue weighted by molar-refractivity contribution is -0.149. The van der Waals surface area contributed by atoms with E-state index >= 15 is 0 Å². The van der Waals surface area contributed by atoms with E-state index in [0.717, 1.165) is 17.7 Å². The van der Waals surface area contributed by atoms with Crippen molar-refractivity contribution in [2.24, 2.45) is 5.92 Å². The predicted molar refractivity (Wildman–Crippen MR) is 119 cm³/mol. The molecular formula is C25H34N2O3. The Kier molecular flexibility index (Phi) is 7.01. The first kappa shape index (κ1) is 22.1. The summed E-state index contributed by atoms with van der Waals surface area (Å²) in [5, 5.41) is 0. The minimum absolute atomic E-state index is 0.0743. The van der Waals surface area contributed by atoms with Gasteiger partial charge in [0.1, 0.15) is 5.69 Å². The van der Waals surface area contributed by atoms with E-state index in [9.17, 15) is 9.59 Å². The van der Waals surface area contributed by atoms with Crippen LogP contribution in [0.25, 0.3) is 0 Å². The molecule has 0 aliphatic carbocycles. The molecule has 2 aromatic rings. The summed E-state index contributed by atoms with van der Waals surface area (Å²) in [6, 6.07) is 8.46. The molecule has 1 fully saturated rings. The van der Waals surface area contributed by atoms with Crippen LogP contribution in [0.15, 0.2) is 24.3 Å². The van der Waals surface area contributed by atoms with Crippen molar-refractivity contribution in [1.82, 2.24) is 9.47 Å². The van der Waals surface area contributed by atoms with Gasteiger partial charge in [-0.25, -0.2) is 0 Å². The maximum absolute atomic E-state index is 13.6. The standard InChI is InChI=1S/C25H34N2O3/c1-6-22-18(4)23(27(19(22)5)16-20-10-8-9-17(3)15-20)24(28)26-13-11-21(12-14-26)25(29)30-7-2/h8-10,15,21H,6-7,11-14,16H2,1-5H3. The monoisotopic (exact) mass is 410 g/mol. The fourth-order valence-electron chi connectivity index (χ4n) is 4.66. The van der Waals surface area contributed by atoms with Gasteiger partial charge in [-0.1, -0.05) is 36.8 Å². The van der Waals surface area contributed by atoms with Gasteiger partial charge in [0, 0.05) is 25.3 Å². The third-order valence-corrected chi connectivity index (χ3v) is 6.30. The highest BCUT2D eigenvalue weighted by atomic mass is 16.5. The van der Waals surface area contributed by atoms with Crippen LogP contribution >= 0.6 is 0 Å². The zero-order chi connectivity index (χ0) is 21.8. The van der Waals surface area contributed by atoms with Crippen molar-refractivity contribution in [3.63, 3.8) is 0 Å². The van der Waals surface area contributed by atoms with Crippen molar-refractivity contribution >= 4 is 11.9 Å². The number of likely N-dealkylation sites (tertiary alicyclic amines) is 1. The van der Waals surface area contributed by atoms with E-state index < -0.39 is 0 Å². The van der Waals surface area contributed by atoms with Crippen LogP contribution in [-0.4, -0.2) is 41.0 Å². The van der Waals surface area contributed by atoms with Gasteiger partial charge in [-0.15, -0.1) is 0 Å². The number of ether oxygens (including phenoxy) is 1. The van der Waals surface area contributed by atoms with E-state index in [2.05, 4.69) is 56.5 Å². The molecular weight excluding hydrogens is 376 g/mol. The maximum atomic E-state index is 13.6. The molecule has 2 heterocycles. The van der Waals surface area contributed by atoms with Crippen LogP contribution in [-0.2, 0) is 22.5 Å². The fraction of sp³-hybridized carbons (Fsp3) is 0.520. The average Bonchev–Trinajstić information content (AvgIpc) is 2.97. The lowest BCUT2D eigenvalue weighted by Crippen LogP contribution is -2.41. The Hall–Kier alpha value is -2.56. The van der Waals surface area contributed by atoms with Crippen molar-refractivity contribution in [3.8, 4) is 0 Å². The molecule has 0 N–H and O–H groups in total. The van der Waals surface area contributed by atoms with E-state index in [0.29, 0.717) is 39.1 Å². The number of hydrogen-bond acceptors (Lipinski definition) is 3. The summed E-state index contributed by atoms with van der Waals surface area (Å²) in [6.07, 6.45) is 2.24. The molecule has 1 aliphatic rings. The number of esters is 1. The zero-order valence-electron chi connectivity index (χ0n) is 19.0. The number of hydrogen-bond donors (Lipinski definition) is 0. The van der Waals surface area contributed by atoms with Gasteiger partial charge in [0.15, 0.2) is 0 Å². The number of benzene rings is 1. The molecule has 162 valence electrons. The Balaban J connectivity index is 1.86. The van der Waals surface area contributed by atoms with Crippen LogP contribution in [0.2, 0.25) is 0 Å². The third-order valence-electron chi connectivity index (χ3n) is 6.30. The smallest absolute Gasteiger partial charge is 0.309 e. The SMILES string of the molecule is CCOC(=O)C1CCN(C(=O)c2c(C)c(CC)c(C)n2Cc2cccc(C)c2)CC1. The van der Waals surface area contributed by atoms with Gasteiger partial charge in [0.2, 0.25) is 0 Å². The number of rotatable bonds is 6. The third kappa shape index (κ3) is 4.45. The lowest BCUT2D eigenvalue weighted by Gasteiger charge is -2.31. The highest BCUT2D eigenvalue weighted by molar-refractivity contribution is 5.95. The first-order valence-electron chi connectivity index (χ1n) is 11.1. The topological polar surface area (TPSA) is 51.5 Å². The Labute approximate surface area is 180 Å². The van der Waals surface area contributed by atoms with Crippen molar-refractivity contribution in [2.45, 2.75) is 60.4 Å². The first-order valence-corrected chi connectivity index (χ1v) is 11.1. The minimum Gasteiger partial charge on any atom is -0.466 e. The normalized spacial score (nSPS) is 14.8. The summed E-state index contributed by atoms with van der Waals surface area (Å²) in [7, 11) is 0.